The van der Waals surface area contributed by atoms with Gasteiger partial charge in [0.25, 0.3) is 0 Å². The van der Waals surface area contributed by atoms with E-state index in [1.807, 2.05) is 37.3 Å². The molecule has 0 saturated carbocycles. The molecule has 0 spiro atoms. The second kappa shape index (κ2) is 4.26. The monoisotopic (exact) mass is 219 g/mol. The lowest BCUT2D eigenvalue weighted by atomic mass is 10.1. The number of hydrogen-bond acceptors (Lipinski definition) is 2. The van der Waals surface area contributed by atoms with Crippen molar-refractivity contribution in [2.45, 2.75) is 38.5 Å². The van der Waals surface area contributed by atoms with Crippen LogP contribution in [0, 0.1) is 0 Å². The Morgan fingerprint density at radius 3 is 2.69 bits per heavy atom. The minimum absolute atomic E-state index is 0.0493. The molecule has 1 unspecified atom stereocenters. The van der Waals surface area contributed by atoms with Gasteiger partial charge in [-0.1, -0.05) is 37.3 Å². The predicted molar refractivity (Wildman–Crippen MR) is 61.5 cm³/mol. The molecule has 3 heteroatoms. The van der Waals surface area contributed by atoms with Gasteiger partial charge in [-0.2, -0.15) is 0 Å². The van der Waals surface area contributed by atoms with Gasteiger partial charge < -0.3 is 10.0 Å². The molecule has 2 rings (SSSR count). The van der Waals surface area contributed by atoms with E-state index in [4.69, 9.17) is 0 Å². The lowest BCUT2D eigenvalue weighted by molar-refractivity contribution is -0.147. The third-order valence-electron chi connectivity index (χ3n) is 3.29. The summed E-state index contributed by atoms with van der Waals surface area (Å²) in [5.41, 5.74) is 0.122. The van der Waals surface area contributed by atoms with E-state index in [-0.39, 0.29) is 5.91 Å². The van der Waals surface area contributed by atoms with Crippen LogP contribution in [0.4, 0.5) is 0 Å². The average molecular weight is 219 g/mol. The molecular weight excluding hydrogens is 202 g/mol. The van der Waals surface area contributed by atoms with Crippen molar-refractivity contribution in [3.05, 3.63) is 35.9 Å². The summed E-state index contributed by atoms with van der Waals surface area (Å²) in [7, 11) is 0. The number of rotatable bonds is 3. The highest BCUT2D eigenvalue weighted by atomic mass is 16.3. The average Bonchev–Trinajstić information content (AvgIpc) is 2.60. The molecule has 1 aromatic rings. The van der Waals surface area contributed by atoms with Crippen LogP contribution in [0.1, 0.15) is 31.7 Å². The number of aliphatic hydroxyl groups is 1. The lowest BCUT2D eigenvalue weighted by Crippen LogP contribution is -2.44. The van der Waals surface area contributed by atoms with Gasteiger partial charge in [0.2, 0.25) is 5.91 Å². The maximum atomic E-state index is 11.7. The van der Waals surface area contributed by atoms with Crippen molar-refractivity contribution in [1.29, 1.82) is 0 Å². The Morgan fingerprint density at radius 1 is 1.38 bits per heavy atom. The van der Waals surface area contributed by atoms with Crippen LogP contribution >= 0.6 is 0 Å². The van der Waals surface area contributed by atoms with Gasteiger partial charge in [0.1, 0.15) is 5.72 Å². The molecule has 1 aliphatic heterocycles. The molecule has 1 atom stereocenters. The van der Waals surface area contributed by atoms with Gasteiger partial charge in [0.15, 0.2) is 0 Å². The van der Waals surface area contributed by atoms with Crippen molar-refractivity contribution in [1.82, 2.24) is 4.90 Å². The van der Waals surface area contributed by atoms with E-state index in [9.17, 15) is 9.90 Å². The van der Waals surface area contributed by atoms with Crippen molar-refractivity contribution >= 4 is 5.91 Å². The topological polar surface area (TPSA) is 40.5 Å². The van der Waals surface area contributed by atoms with Gasteiger partial charge in [-0.3, -0.25) is 4.79 Å². The molecule has 1 aliphatic rings. The first-order chi connectivity index (χ1) is 7.65. The van der Waals surface area contributed by atoms with E-state index in [0.717, 1.165) is 5.56 Å². The summed E-state index contributed by atoms with van der Waals surface area (Å²) < 4.78 is 0. The summed E-state index contributed by atoms with van der Waals surface area (Å²) in [5, 5.41) is 10.3. The predicted octanol–water partition coefficient (Wildman–Crippen LogP) is 1.91. The Kier molecular flexibility index (Phi) is 2.97. The Hall–Kier alpha value is -1.35. The zero-order valence-corrected chi connectivity index (χ0v) is 9.52. The minimum Gasteiger partial charge on any atom is -0.371 e. The van der Waals surface area contributed by atoms with E-state index < -0.39 is 5.72 Å². The van der Waals surface area contributed by atoms with Crippen molar-refractivity contribution in [3.8, 4) is 0 Å². The van der Waals surface area contributed by atoms with Crippen LogP contribution in [0.15, 0.2) is 30.3 Å². The van der Waals surface area contributed by atoms with Crippen LogP contribution in [0.25, 0.3) is 0 Å². The third kappa shape index (κ3) is 1.95. The molecule has 3 nitrogen and oxygen atoms in total. The number of carbonyl (C=O) groups excluding carboxylic acids is 1. The van der Waals surface area contributed by atoms with E-state index in [1.165, 1.54) is 0 Å². The standard InChI is InChI=1S/C13H17NO2/c1-2-13(16)9-8-12(15)14(13)10-11-6-4-3-5-7-11/h3-7,16H,2,8-10H2,1H3. The molecule has 0 radical (unpaired) electrons. The smallest absolute Gasteiger partial charge is 0.225 e. The van der Waals surface area contributed by atoms with Gasteiger partial charge in [0, 0.05) is 19.4 Å². The maximum Gasteiger partial charge on any atom is 0.225 e. The second-order valence-corrected chi connectivity index (χ2v) is 4.30. The largest absolute Gasteiger partial charge is 0.371 e. The zero-order chi connectivity index (χ0) is 11.6. The molecule has 1 amide bonds. The van der Waals surface area contributed by atoms with Crippen molar-refractivity contribution < 1.29 is 9.90 Å². The zero-order valence-electron chi connectivity index (χ0n) is 9.52. The number of carbonyl (C=O) groups is 1. The first-order valence-electron chi connectivity index (χ1n) is 5.72. The van der Waals surface area contributed by atoms with Crippen LogP contribution in [-0.4, -0.2) is 21.6 Å². The number of amides is 1. The molecule has 16 heavy (non-hydrogen) atoms. The minimum atomic E-state index is -0.938. The van der Waals surface area contributed by atoms with Crippen molar-refractivity contribution in [3.63, 3.8) is 0 Å². The highest BCUT2D eigenvalue weighted by Gasteiger charge is 2.41. The van der Waals surface area contributed by atoms with Gasteiger partial charge in [0.05, 0.1) is 0 Å². The maximum absolute atomic E-state index is 11.7. The number of hydrogen-bond donors (Lipinski definition) is 1. The summed E-state index contributed by atoms with van der Waals surface area (Å²) >= 11 is 0. The SMILES string of the molecule is CCC1(O)CCC(=O)N1Cc1ccccc1. The normalized spacial score (nSPS) is 25.1. The fourth-order valence-electron chi connectivity index (χ4n) is 2.18. The summed E-state index contributed by atoms with van der Waals surface area (Å²) in [5.74, 6) is 0.0493. The summed E-state index contributed by atoms with van der Waals surface area (Å²) in [6, 6.07) is 9.78. The number of benzene rings is 1. The van der Waals surface area contributed by atoms with Crippen LogP contribution in [0.3, 0.4) is 0 Å². The van der Waals surface area contributed by atoms with Crippen LogP contribution in [0.5, 0.6) is 0 Å². The van der Waals surface area contributed by atoms with Crippen LogP contribution < -0.4 is 0 Å². The summed E-state index contributed by atoms with van der Waals surface area (Å²) in [6.45, 7) is 2.42. The molecule has 1 fully saturated rings. The fraction of sp³-hybridized carbons (Fsp3) is 0.462. The Morgan fingerprint density at radius 2 is 2.06 bits per heavy atom. The Balaban J connectivity index is 2.17. The molecule has 1 saturated heterocycles. The summed E-state index contributed by atoms with van der Waals surface area (Å²) in [6.07, 6.45) is 1.60. The number of likely N-dealkylation sites (tertiary alicyclic amines) is 1. The molecule has 0 aromatic heterocycles. The van der Waals surface area contributed by atoms with E-state index in [0.29, 0.717) is 25.8 Å². The van der Waals surface area contributed by atoms with Crippen molar-refractivity contribution in [2.75, 3.05) is 0 Å². The summed E-state index contributed by atoms with van der Waals surface area (Å²) in [4.78, 5) is 13.3. The van der Waals surface area contributed by atoms with Gasteiger partial charge in [-0.25, -0.2) is 0 Å². The van der Waals surface area contributed by atoms with Crippen molar-refractivity contribution in [2.24, 2.45) is 0 Å². The molecule has 0 bridgehead atoms. The van der Waals surface area contributed by atoms with Gasteiger partial charge in [-0.15, -0.1) is 0 Å². The fourth-order valence-corrected chi connectivity index (χ4v) is 2.18. The van der Waals surface area contributed by atoms with Gasteiger partial charge >= 0.3 is 0 Å². The molecule has 86 valence electrons. The van der Waals surface area contributed by atoms with E-state index >= 15 is 0 Å². The molecule has 1 N–H and O–H groups in total. The second-order valence-electron chi connectivity index (χ2n) is 4.30. The highest BCUT2D eigenvalue weighted by Crippen LogP contribution is 2.31. The highest BCUT2D eigenvalue weighted by molar-refractivity contribution is 5.79. The van der Waals surface area contributed by atoms with E-state index in [1.54, 1.807) is 4.90 Å². The van der Waals surface area contributed by atoms with Crippen LogP contribution in [-0.2, 0) is 11.3 Å². The Labute approximate surface area is 95.7 Å². The first-order valence-corrected chi connectivity index (χ1v) is 5.72. The Bertz CT molecular complexity index is 377. The molecule has 0 aliphatic carbocycles. The van der Waals surface area contributed by atoms with Gasteiger partial charge in [-0.05, 0) is 12.0 Å². The molecule has 1 heterocycles. The van der Waals surface area contributed by atoms with Crippen LogP contribution in [0.2, 0.25) is 0 Å². The number of nitrogens with zero attached hydrogens (tertiary/aromatic N) is 1. The molecular formula is C13H17NO2. The molecule has 1 aromatic carbocycles. The lowest BCUT2D eigenvalue weighted by Gasteiger charge is -2.32. The van der Waals surface area contributed by atoms with E-state index in [2.05, 4.69) is 0 Å². The first kappa shape index (κ1) is 11.1. The third-order valence-corrected chi connectivity index (χ3v) is 3.29. The quantitative estimate of drug-likeness (QED) is 0.843.